The molecule has 1 heterocycles. The third-order valence-corrected chi connectivity index (χ3v) is 8.64. The Bertz CT molecular complexity index is 1550. The minimum absolute atomic E-state index is 0.0512. The van der Waals surface area contributed by atoms with Crippen molar-refractivity contribution in [3.8, 4) is 5.75 Å². The van der Waals surface area contributed by atoms with E-state index in [1.54, 1.807) is 56.4 Å². The van der Waals surface area contributed by atoms with E-state index in [9.17, 15) is 21.2 Å². The highest BCUT2D eigenvalue weighted by atomic mass is 32.2. The highest BCUT2D eigenvalue weighted by molar-refractivity contribution is 7.89. The molecular weight excluding hydrogens is 491 g/mol. The van der Waals surface area contributed by atoms with Gasteiger partial charge in [-0.2, -0.15) is 12.7 Å². The molecule has 0 saturated carbocycles. The maximum Gasteiger partial charge on any atom is 0.339 e. The number of hydrogen-bond acceptors (Lipinski definition) is 6. The second kappa shape index (κ2) is 9.73. The predicted molar refractivity (Wildman–Crippen MR) is 130 cm³/mol. The number of hydrogen-bond donors (Lipinski definition) is 0. The third kappa shape index (κ3) is 5.34. The molecule has 0 unspecified atom stereocenters. The molecule has 7 nitrogen and oxygen atoms in total. The second-order valence-corrected chi connectivity index (χ2v) is 11.5. The lowest BCUT2D eigenvalue weighted by Crippen LogP contribution is -2.36. The normalized spacial score (nSPS) is 12.4. The van der Waals surface area contributed by atoms with E-state index < -0.39 is 26.0 Å². The molecule has 0 aliphatic carbocycles. The van der Waals surface area contributed by atoms with Crippen LogP contribution in [0.3, 0.4) is 0 Å². The monoisotopic (exact) mass is 514 g/mol. The van der Waals surface area contributed by atoms with Crippen LogP contribution >= 0.6 is 0 Å². The molecule has 0 aliphatic rings. The summed E-state index contributed by atoms with van der Waals surface area (Å²) in [6.45, 7) is 3.62. The van der Waals surface area contributed by atoms with Crippen molar-refractivity contribution in [1.29, 1.82) is 0 Å². The van der Waals surface area contributed by atoms with E-state index in [1.165, 1.54) is 22.5 Å². The lowest BCUT2D eigenvalue weighted by atomic mass is 10.2. The SMILES string of the molecule is CC(C)N(Cc1ccc(OS(=O)(=O)c2ccc(F)cc2)cc1)S(=O)(=O)c1cccc2cccnc12. The van der Waals surface area contributed by atoms with Crippen LogP contribution in [0, 0.1) is 5.82 Å². The fraction of sp³-hybridized carbons (Fsp3) is 0.160. The molecule has 0 radical (unpaired) electrons. The Labute approximate surface area is 204 Å². The molecule has 0 N–H and O–H groups in total. The van der Waals surface area contributed by atoms with Gasteiger partial charge in [0.2, 0.25) is 10.0 Å². The van der Waals surface area contributed by atoms with Gasteiger partial charge in [0.05, 0.1) is 5.52 Å². The number of rotatable bonds is 8. The van der Waals surface area contributed by atoms with E-state index in [1.807, 2.05) is 0 Å². The Hall–Kier alpha value is -3.34. The Morgan fingerprint density at radius 2 is 1.54 bits per heavy atom. The third-order valence-electron chi connectivity index (χ3n) is 5.33. The maximum atomic E-state index is 13.6. The van der Waals surface area contributed by atoms with Gasteiger partial charge in [0, 0.05) is 24.2 Å². The van der Waals surface area contributed by atoms with Crippen molar-refractivity contribution < 1.29 is 25.4 Å². The molecule has 3 aromatic carbocycles. The molecule has 35 heavy (non-hydrogen) atoms. The maximum absolute atomic E-state index is 13.6. The summed E-state index contributed by atoms with van der Waals surface area (Å²) in [7, 11) is -8.03. The number of fused-ring (bicyclic) bond motifs is 1. The van der Waals surface area contributed by atoms with Crippen molar-refractivity contribution in [3.05, 3.63) is 96.4 Å². The number of pyridine rings is 1. The molecule has 4 aromatic rings. The number of sulfonamides is 1. The van der Waals surface area contributed by atoms with Crippen molar-refractivity contribution in [2.24, 2.45) is 0 Å². The van der Waals surface area contributed by atoms with E-state index in [-0.39, 0.29) is 28.1 Å². The summed E-state index contributed by atoms with van der Waals surface area (Å²) < 4.78 is 71.6. The predicted octanol–water partition coefficient (Wildman–Crippen LogP) is 4.74. The van der Waals surface area contributed by atoms with Gasteiger partial charge in [-0.3, -0.25) is 4.98 Å². The first kappa shape index (κ1) is 24.8. The van der Waals surface area contributed by atoms with Gasteiger partial charge in [0.15, 0.2) is 0 Å². The van der Waals surface area contributed by atoms with Crippen LogP contribution in [0.25, 0.3) is 10.9 Å². The second-order valence-electron chi connectivity index (χ2n) is 8.11. The van der Waals surface area contributed by atoms with Crippen LogP contribution in [0.15, 0.2) is 94.9 Å². The minimum atomic E-state index is -4.14. The standard InChI is InChI=1S/C25H23FN2O5S2/c1-18(2)28(34(29,30)24-7-3-5-20-6-4-16-27-25(20)24)17-19-8-12-22(13-9-19)33-35(31,32)23-14-10-21(26)11-15-23/h3-16,18H,17H2,1-2H3. The molecule has 0 atom stereocenters. The van der Waals surface area contributed by atoms with Gasteiger partial charge in [-0.05, 0) is 67.9 Å². The molecule has 10 heteroatoms. The largest absolute Gasteiger partial charge is 0.379 e. The van der Waals surface area contributed by atoms with Crippen molar-refractivity contribution in [1.82, 2.24) is 9.29 Å². The van der Waals surface area contributed by atoms with Crippen molar-refractivity contribution in [2.45, 2.75) is 36.2 Å². The number of nitrogens with zero attached hydrogens (tertiary/aromatic N) is 2. The van der Waals surface area contributed by atoms with E-state index in [0.29, 0.717) is 11.1 Å². The lowest BCUT2D eigenvalue weighted by Gasteiger charge is -2.26. The average Bonchev–Trinajstić information content (AvgIpc) is 2.83. The fourth-order valence-corrected chi connectivity index (χ4v) is 6.28. The van der Waals surface area contributed by atoms with E-state index in [2.05, 4.69) is 4.98 Å². The summed E-state index contributed by atoms with van der Waals surface area (Å²) in [6.07, 6.45) is 1.56. The van der Waals surface area contributed by atoms with Gasteiger partial charge in [0.1, 0.15) is 21.4 Å². The molecular formula is C25H23FN2O5S2. The molecule has 1 aromatic heterocycles. The number of benzene rings is 3. The van der Waals surface area contributed by atoms with E-state index in [0.717, 1.165) is 29.7 Å². The van der Waals surface area contributed by atoms with Crippen LogP contribution in [-0.2, 0) is 26.7 Å². The molecule has 182 valence electrons. The number of para-hydroxylation sites is 1. The first-order chi connectivity index (χ1) is 16.6. The van der Waals surface area contributed by atoms with Gasteiger partial charge in [-0.25, -0.2) is 12.8 Å². The first-order valence-electron chi connectivity index (χ1n) is 10.7. The topological polar surface area (TPSA) is 93.6 Å². The van der Waals surface area contributed by atoms with Crippen LogP contribution in [0.5, 0.6) is 5.75 Å². The van der Waals surface area contributed by atoms with Crippen molar-refractivity contribution in [2.75, 3.05) is 0 Å². The van der Waals surface area contributed by atoms with Crippen molar-refractivity contribution >= 4 is 31.0 Å². The van der Waals surface area contributed by atoms with Gasteiger partial charge >= 0.3 is 10.1 Å². The molecule has 0 spiro atoms. The van der Waals surface area contributed by atoms with Crippen LogP contribution in [0.4, 0.5) is 4.39 Å². The zero-order valence-electron chi connectivity index (χ0n) is 19.0. The molecule has 0 bridgehead atoms. The molecule has 4 rings (SSSR count). The summed E-state index contributed by atoms with van der Waals surface area (Å²) in [5.41, 5.74) is 1.04. The first-order valence-corrected chi connectivity index (χ1v) is 13.6. The quantitative estimate of drug-likeness (QED) is 0.315. The Balaban J connectivity index is 1.58. The molecule has 0 saturated heterocycles. The van der Waals surface area contributed by atoms with Crippen LogP contribution in [-0.4, -0.2) is 32.2 Å². The zero-order valence-corrected chi connectivity index (χ0v) is 20.6. The summed E-state index contributed by atoms with van der Waals surface area (Å²) >= 11 is 0. The lowest BCUT2D eigenvalue weighted by molar-refractivity contribution is 0.348. The molecule has 0 amide bonds. The Morgan fingerprint density at radius 3 is 2.20 bits per heavy atom. The summed E-state index contributed by atoms with van der Waals surface area (Å²) in [5, 5.41) is 0.723. The zero-order chi connectivity index (χ0) is 25.2. The van der Waals surface area contributed by atoms with Gasteiger partial charge in [-0.1, -0.05) is 30.3 Å². The van der Waals surface area contributed by atoms with E-state index in [4.69, 9.17) is 4.18 Å². The van der Waals surface area contributed by atoms with Crippen LogP contribution in [0.2, 0.25) is 0 Å². The number of aromatic nitrogens is 1. The molecule has 0 fully saturated rings. The Kier molecular flexibility index (Phi) is 6.88. The fourth-order valence-electron chi connectivity index (χ4n) is 3.56. The van der Waals surface area contributed by atoms with Gasteiger partial charge < -0.3 is 4.18 Å². The summed E-state index contributed by atoms with van der Waals surface area (Å²) in [4.78, 5) is 4.21. The van der Waals surface area contributed by atoms with Crippen LogP contribution < -0.4 is 4.18 Å². The van der Waals surface area contributed by atoms with Crippen molar-refractivity contribution in [3.63, 3.8) is 0 Å². The van der Waals surface area contributed by atoms with Crippen LogP contribution in [0.1, 0.15) is 19.4 Å². The highest BCUT2D eigenvalue weighted by Gasteiger charge is 2.29. The smallest absolute Gasteiger partial charge is 0.339 e. The van der Waals surface area contributed by atoms with Gasteiger partial charge in [0.25, 0.3) is 0 Å². The summed E-state index contributed by atoms with van der Waals surface area (Å²) in [5.74, 6) is -0.507. The minimum Gasteiger partial charge on any atom is -0.379 e. The number of halogens is 1. The Morgan fingerprint density at radius 1 is 0.886 bits per heavy atom. The highest BCUT2D eigenvalue weighted by Crippen LogP contribution is 2.27. The average molecular weight is 515 g/mol. The molecule has 0 aliphatic heterocycles. The van der Waals surface area contributed by atoms with Gasteiger partial charge in [-0.15, -0.1) is 0 Å². The summed E-state index contributed by atoms with van der Waals surface area (Å²) in [6, 6.07) is 18.6. The van der Waals surface area contributed by atoms with E-state index >= 15 is 0 Å².